The maximum absolute atomic E-state index is 11.2. The Balaban J connectivity index is 2.11. The van der Waals surface area contributed by atoms with Crippen molar-refractivity contribution in [3.63, 3.8) is 0 Å². The van der Waals surface area contributed by atoms with E-state index in [-0.39, 0.29) is 11.5 Å². The summed E-state index contributed by atoms with van der Waals surface area (Å²) in [5.74, 6) is 1.06. The van der Waals surface area contributed by atoms with Crippen LogP contribution in [-0.4, -0.2) is 44.3 Å². The van der Waals surface area contributed by atoms with E-state index in [1.54, 1.807) is 12.1 Å². The first kappa shape index (κ1) is 11.1. The summed E-state index contributed by atoms with van der Waals surface area (Å²) >= 11 is 0. The molecule has 1 aliphatic heterocycles. The summed E-state index contributed by atoms with van der Waals surface area (Å²) in [6, 6.07) is 3.42. The molecule has 6 heteroatoms. The van der Waals surface area contributed by atoms with E-state index in [1.165, 1.54) is 6.20 Å². The monoisotopic (exact) mass is 240 g/mol. The van der Waals surface area contributed by atoms with Gasteiger partial charge in [0, 0.05) is 24.8 Å². The Hall–Kier alpha value is -1.43. The topological polar surface area (TPSA) is 67.3 Å². The van der Waals surface area contributed by atoms with Gasteiger partial charge in [-0.25, -0.2) is 13.4 Å². The Morgan fingerprint density at radius 3 is 2.44 bits per heavy atom. The lowest BCUT2D eigenvalue weighted by Gasteiger charge is -2.27. The van der Waals surface area contributed by atoms with Gasteiger partial charge in [-0.2, -0.15) is 0 Å². The smallest absolute Gasteiger partial charge is 0.153 e. The van der Waals surface area contributed by atoms with Crippen molar-refractivity contribution in [2.75, 3.05) is 29.5 Å². The summed E-state index contributed by atoms with van der Waals surface area (Å²) < 4.78 is 22.5. The fourth-order valence-electron chi connectivity index (χ4n) is 1.60. The van der Waals surface area contributed by atoms with Crippen molar-refractivity contribution in [2.24, 2.45) is 0 Å². The molecular formula is C10H12N2O3S. The average molecular weight is 240 g/mol. The zero-order valence-corrected chi connectivity index (χ0v) is 9.48. The van der Waals surface area contributed by atoms with Crippen molar-refractivity contribution in [2.45, 2.75) is 0 Å². The van der Waals surface area contributed by atoms with Crippen LogP contribution in [0.5, 0.6) is 0 Å². The molecule has 5 nitrogen and oxygen atoms in total. The number of nitrogens with zero attached hydrogens (tertiary/aromatic N) is 2. The van der Waals surface area contributed by atoms with Gasteiger partial charge in [-0.15, -0.1) is 0 Å². The number of aromatic nitrogens is 1. The SMILES string of the molecule is O=Cc1ccc(N2CCS(=O)(=O)CC2)nc1. The molecule has 0 saturated carbocycles. The Morgan fingerprint density at radius 2 is 1.94 bits per heavy atom. The molecule has 16 heavy (non-hydrogen) atoms. The van der Waals surface area contributed by atoms with Crippen molar-refractivity contribution >= 4 is 21.9 Å². The van der Waals surface area contributed by atoms with Gasteiger partial charge in [0.15, 0.2) is 16.1 Å². The predicted octanol–water partition coefficient (Wildman–Crippen LogP) is 0.129. The minimum atomic E-state index is -2.86. The van der Waals surface area contributed by atoms with Crippen molar-refractivity contribution in [1.29, 1.82) is 0 Å². The molecular weight excluding hydrogens is 228 g/mol. The van der Waals surface area contributed by atoms with Crippen molar-refractivity contribution in [1.82, 2.24) is 4.98 Å². The van der Waals surface area contributed by atoms with Crippen LogP contribution in [0, 0.1) is 0 Å². The van der Waals surface area contributed by atoms with E-state index in [9.17, 15) is 13.2 Å². The summed E-state index contributed by atoms with van der Waals surface area (Å²) in [6.07, 6.45) is 2.23. The van der Waals surface area contributed by atoms with Gasteiger partial charge in [-0.05, 0) is 12.1 Å². The maximum Gasteiger partial charge on any atom is 0.153 e. The molecule has 0 aliphatic carbocycles. The van der Waals surface area contributed by atoms with Crippen LogP contribution in [0.15, 0.2) is 18.3 Å². The van der Waals surface area contributed by atoms with E-state index in [0.29, 0.717) is 18.7 Å². The van der Waals surface area contributed by atoms with Crippen LogP contribution in [0.2, 0.25) is 0 Å². The molecule has 0 N–H and O–H groups in total. The molecule has 0 spiro atoms. The highest BCUT2D eigenvalue weighted by Crippen LogP contribution is 2.14. The van der Waals surface area contributed by atoms with Gasteiger partial charge in [0.2, 0.25) is 0 Å². The lowest BCUT2D eigenvalue weighted by molar-refractivity contribution is 0.112. The number of hydrogen-bond acceptors (Lipinski definition) is 5. The van der Waals surface area contributed by atoms with Crippen LogP contribution in [0.3, 0.4) is 0 Å². The highest BCUT2D eigenvalue weighted by molar-refractivity contribution is 7.91. The van der Waals surface area contributed by atoms with E-state index in [0.717, 1.165) is 12.1 Å². The van der Waals surface area contributed by atoms with Crippen LogP contribution in [-0.2, 0) is 9.84 Å². The molecule has 0 aromatic carbocycles. The normalized spacial score (nSPS) is 19.4. The number of sulfone groups is 1. The molecule has 0 bridgehead atoms. The lowest BCUT2D eigenvalue weighted by Crippen LogP contribution is -2.40. The molecule has 1 fully saturated rings. The summed E-state index contributed by atoms with van der Waals surface area (Å²) in [4.78, 5) is 16.5. The highest BCUT2D eigenvalue weighted by Gasteiger charge is 2.22. The molecule has 2 heterocycles. The standard InChI is InChI=1S/C10H12N2O3S/c13-8-9-1-2-10(11-7-9)12-3-5-16(14,15)6-4-12/h1-2,7-8H,3-6H2. The fourth-order valence-corrected chi connectivity index (χ4v) is 2.80. The van der Waals surface area contributed by atoms with Gasteiger partial charge in [0.1, 0.15) is 5.82 Å². The molecule has 1 aliphatic rings. The summed E-state index contributed by atoms with van der Waals surface area (Å²) in [5.41, 5.74) is 0.522. The number of pyridine rings is 1. The Bertz CT molecular complexity index is 467. The number of rotatable bonds is 2. The van der Waals surface area contributed by atoms with Crippen LogP contribution in [0.1, 0.15) is 10.4 Å². The molecule has 1 aromatic heterocycles. The van der Waals surface area contributed by atoms with Crippen molar-refractivity contribution in [3.8, 4) is 0 Å². The molecule has 0 amide bonds. The van der Waals surface area contributed by atoms with E-state index in [1.807, 2.05) is 4.90 Å². The van der Waals surface area contributed by atoms with Crippen molar-refractivity contribution in [3.05, 3.63) is 23.9 Å². The maximum atomic E-state index is 11.2. The summed E-state index contributed by atoms with van der Waals surface area (Å²) in [7, 11) is -2.86. The van der Waals surface area contributed by atoms with E-state index < -0.39 is 9.84 Å². The number of hydrogen-bond donors (Lipinski definition) is 0. The second-order valence-corrected chi connectivity index (χ2v) is 6.01. The van der Waals surface area contributed by atoms with Crippen molar-refractivity contribution < 1.29 is 13.2 Å². The second kappa shape index (κ2) is 4.21. The predicted molar refractivity (Wildman–Crippen MR) is 60.5 cm³/mol. The largest absolute Gasteiger partial charge is 0.355 e. The van der Waals surface area contributed by atoms with Gasteiger partial charge in [0.25, 0.3) is 0 Å². The molecule has 2 rings (SSSR count). The third-order valence-corrected chi connectivity index (χ3v) is 4.18. The van der Waals surface area contributed by atoms with Gasteiger partial charge < -0.3 is 4.90 Å². The number of aldehydes is 1. The molecule has 0 radical (unpaired) electrons. The Labute approximate surface area is 94.0 Å². The zero-order valence-electron chi connectivity index (χ0n) is 8.67. The zero-order chi connectivity index (χ0) is 11.6. The van der Waals surface area contributed by atoms with Crippen LogP contribution < -0.4 is 4.90 Å². The molecule has 86 valence electrons. The summed E-state index contributed by atoms with van der Waals surface area (Å²) in [6.45, 7) is 0.936. The first-order chi connectivity index (χ1) is 7.61. The quantitative estimate of drug-likeness (QED) is 0.687. The Kier molecular flexibility index (Phi) is 2.91. The number of anilines is 1. The fraction of sp³-hybridized carbons (Fsp3) is 0.400. The second-order valence-electron chi connectivity index (χ2n) is 3.71. The first-order valence-corrected chi connectivity index (χ1v) is 6.79. The molecule has 0 unspecified atom stereocenters. The van der Waals surface area contributed by atoms with Crippen LogP contribution in [0.25, 0.3) is 0 Å². The van der Waals surface area contributed by atoms with Crippen LogP contribution in [0.4, 0.5) is 5.82 Å². The van der Waals surface area contributed by atoms with E-state index in [4.69, 9.17) is 0 Å². The first-order valence-electron chi connectivity index (χ1n) is 4.97. The molecule has 1 saturated heterocycles. The lowest BCUT2D eigenvalue weighted by atomic mass is 10.3. The van der Waals surface area contributed by atoms with E-state index >= 15 is 0 Å². The minimum Gasteiger partial charge on any atom is -0.355 e. The average Bonchev–Trinajstić information content (AvgIpc) is 2.29. The third-order valence-electron chi connectivity index (χ3n) is 2.58. The minimum absolute atomic E-state index is 0.171. The number of carbonyl (C=O) groups excluding carboxylic acids is 1. The van der Waals surface area contributed by atoms with E-state index in [2.05, 4.69) is 4.98 Å². The Morgan fingerprint density at radius 1 is 1.25 bits per heavy atom. The van der Waals surface area contributed by atoms with Crippen LogP contribution >= 0.6 is 0 Å². The van der Waals surface area contributed by atoms with Gasteiger partial charge >= 0.3 is 0 Å². The van der Waals surface area contributed by atoms with Gasteiger partial charge in [0.05, 0.1) is 11.5 Å². The third kappa shape index (κ3) is 2.38. The highest BCUT2D eigenvalue weighted by atomic mass is 32.2. The molecule has 0 atom stereocenters. The van der Waals surface area contributed by atoms with Gasteiger partial charge in [-0.1, -0.05) is 0 Å². The number of carbonyl (C=O) groups is 1. The molecule has 1 aromatic rings. The van der Waals surface area contributed by atoms with Gasteiger partial charge in [-0.3, -0.25) is 4.79 Å². The summed E-state index contributed by atoms with van der Waals surface area (Å²) in [5, 5.41) is 0.